The van der Waals surface area contributed by atoms with E-state index in [1.165, 1.54) is 6.08 Å². The standard InChI is InChI=1S/C17H22N2O2/c1-16(2)10-5-11-17(3,4)19(16)15(21)13-6-8-14(9-7-13)18-12-20/h6-9H,5,10-11H2,1-4H3. The van der Waals surface area contributed by atoms with E-state index in [0.717, 1.165) is 19.3 Å². The van der Waals surface area contributed by atoms with Crippen LogP contribution in [0.2, 0.25) is 0 Å². The van der Waals surface area contributed by atoms with Crippen molar-refractivity contribution in [2.75, 3.05) is 0 Å². The number of benzene rings is 1. The smallest absolute Gasteiger partial charge is 0.254 e. The van der Waals surface area contributed by atoms with Crippen LogP contribution in [0, 0.1) is 0 Å². The normalized spacial score (nSPS) is 19.7. The highest BCUT2D eigenvalue weighted by atomic mass is 16.2. The Hall–Kier alpha value is -1.93. The molecule has 0 aromatic heterocycles. The van der Waals surface area contributed by atoms with Crippen LogP contribution in [0.3, 0.4) is 0 Å². The van der Waals surface area contributed by atoms with Crippen LogP contribution >= 0.6 is 0 Å². The van der Waals surface area contributed by atoms with E-state index in [9.17, 15) is 9.59 Å². The lowest BCUT2D eigenvalue weighted by molar-refractivity contribution is -0.0111. The molecule has 2 rings (SSSR count). The van der Waals surface area contributed by atoms with Gasteiger partial charge in [0.05, 0.1) is 5.69 Å². The Bertz CT molecular complexity index is 565. The average molecular weight is 286 g/mol. The molecule has 1 aromatic rings. The molecule has 0 saturated carbocycles. The Kier molecular flexibility index (Phi) is 4.02. The van der Waals surface area contributed by atoms with Crippen molar-refractivity contribution in [3.63, 3.8) is 0 Å². The second-order valence-corrected chi connectivity index (χ2v) is 6.87. The van der Waals surface area contributed by atoms with Crippen molar-refractivity contribution in [3.8, 4) is 0 Å². The second kappa shape index (κ2) is 5.45. The highest BCUT2D eigenvalue weighted by Crippen LogP contribution is 2.39. The second-order valence-electron chi connectivity index (χ2n) is 6.87. The molecule has 0 unspecified atom stereocenters. The molecule has 0 atom stereocenters. The molecule has 1 saturated heterocycles. The van der Waals surface area contributed by atoms with Gasteiger partial charge in [0, 0.05) is 16.6 Å². The van der Waals surface area contributed by atoms with Crippen molar-refractivity contribution < 1.29 is 9.59 Å². The van der Waals surface area contributed by atoms with Gasteiger partial charge in [0.2, 0.25) is 6.08 Å². The van der Waals surface area contributed by atoms with Crippen LogP contribution in [0.25, 0.3) is 0 Å². The fraction of sp³-hybridized carbons (Fsp3) is 0.529. The summed E-state index contributed by atoms with van der Waals surface area (Å²) < 4.78 is 0. The average Bonchev–Trinajstić information content (AvgIpc) is 2.37. The van der Waals surface area contributed by atoms with Gasteiger partial charge in [-0.15, -0.1) is 0 Å². The minimum atomic E-state index is -0.154. The summed E-state index contributed by atoms with van der Waals surface area (Å²) in [5.74, 6) is 0.0336. The molecule has 1 amide bonds. The molecule has 0 spiro atoms. The Morgan fingerprint density at radius 3 is 2.10 bits per heavy atom. The van der Waals surface area contributed by atoms with Crippen LogP contribution < -0.4 is 0 Å². The summed E-state index contributed by atoms with van der Waals surface area (Å²) in [4.78, 5) is 28.7. The van der Waals surface area contributed by atoms with Gasteiger partial charge in [0.25, 0.3) is 5.91 Å². The number of amides is 1. The van der Waals surface area contributed by atoms with E-state index in [2.05, 4.69) is 32.7 Å². The van der Waals surface area contributed by atoms with Crippen LogP contribution in [0.1, 0.15) is 57.3 Å². The number of carbonyl (C=O) groups is 1. The van der Waals surface area contributed by atoms with E-state index in [4.69, 9.17) is 0 Å². The van der Waals surface area contributed by atoms with Gasteiger partial charge in [0.1, 0.15) is 0 Å². The maximum Gasteiger partial charge on any atom is 0.254 e. The molecular formula is C17H22N2O2. The van der Waals surface area contributed by atoms with Gasteiger partial charge in [-0.3, -0.25) is 4.79 Å². The number of likely N-dealkylation sites (tertiary alicyclic amines) is 1. The van der Waals surface area contributed by atoms with Crippen molar-refractivity contribution in [1.29, 1.82) is 0 Å². The van der Waals surface area contributed by atoms with Crippen molar-refractivity contribution in [2.45, 2.75) is 58.0 Å². The highest BCUT2D eigenvalue weighted by Gasteiger charge is 2.44. The number of hydrogen-bond donors (Lipinski definition) is 0. The first-order valence-electron chi connectivity index (χ1n) is 7.30. The predicted molar refractivity (Wildman–Crippen MR) is 82.4 cm³/mol. The minimum absolute atomic E-state index is 0.0336. The third kappa shape index (κ3) is 3.06. The fourth-order valence-corrected chi connectivity index (χ4v) is 3.41. The number of piperidine rings is 1. The Morgan fingerprint density at radius 2 is 1.62 bits per heavy atom. The zero-order chi connectivity index (χ0) is 15.7. The molecule has 0 aliphatic carbocycles. The largest absolute Gasteiger partial charge is 0.328 e. The molecule has 1 aromatic carbocycles. The van der Waals surface area contributed by atoms with Crippen LogP contribution in [0.4, 0.5) is 5.69 Å². The number of nitrogens with zero attached hydrogens (tertiary/aromatic N) is 2. The Morgan fingerprint density at radius 1 is 1.10 bits per heavy atom. The molecule has 1 fully saturated rings. The third-order valence-corrected chi connectivity index (χ3v) is 4.28. The monoisotopic (exact) mass is 286 g/mol. The van der Waals surface area contributed by atoms with E-state index in [1.54, 1.807) is 24.3 Å². The molecule has 1 aliphatic rings. The van der Waals surface area contributed by atoms with E-state index in [0.29, 0.717) is 11.3 Å². The number of rotatable bonds is 2. The molecule has 1 aliphatic heterocycles. The first kappa shape index (κ1) is 15.5. The summed E-state index contributed by atoms with van der Waals surface area (Å²) >= 11 is 0. The molecular weight excluding hydrogens is 264 g/mol. The molecule has 0 radical (unpaired) electrons. The van der Waals surface area contributed by atoms with Gasteiger partial charge in [-0.1, -0.05) is 0 Å². The molecule has 4 nitrogen and oxygen atoms in total. The lowest BCUT2D eigenvalue weighted by Crippen LogP contribution is -2.60. The molecule has 21 heavy (non-hydrogen) atoms. The predicted octanol–water partition coefficient (Wildman–Crippen LogP) is 3.84. The molecule has 0 N–H and O–H groups in total. The van der Waals surface area contributed by atoms with Gasteiger partial charge in [0.15, 0.2) is 0 Å². The zero-order valence-electron chi connectivity index (χ0n) is 13.1. The highest BCUT2D eigenvalue weighted by molar-refractivity contribution is 5.95. The van der Waals surface area contributed by atoms with Crippen LogP contribution in [0.15, 0.2) is 29.3 Å². The Balaban J connectivity index is 2.34. The van der Waals surface area contributed by atoms with Gasteiger partial charge in [-0.2, -0.15) is 4.99 Å². The zero-order valence-corrected chi connectivity index (χ0v) is 13.1. The van der Waals surface area contributed by atoms with E-state index in [-0.39, 0.29) is 17.0 Å². The van der Waals surface area contributed by atoms with Crippen LogP contribution in [0.5, 0.6) is 0 Å². The SMILES string of the molecule is CC1(C)CCCC(C)(C)N1C(=O)c1ccc(N=C=O)cc1. The number of hydrogen-bond acceptors (Lipinski definition) is 3. The first-order chi connectivity index (χ1) is 9.78. The van der Waals surface area contributed by atoms with E-state index in [1.807, 2.05) is 4.90 Å². The molecule has 0 bridgehead atoms. The number of aliphatic imine (C=N–C) groups is 1. The molecule has 4 heteroatoms. The van der Waals surface area contributed by atoms with Crippen molar-refractivity contribution in [3.05, 3.63) is 29.8 Å². The van der Waals surface area contributed by atoms with Crippen molar-refractivity contribution >= 4 is 17.7 Å². The van der Waals surface area contributed by atoms with Crippen molar-refractivity contribution in [1.82, 2.24) is 4.90 Å². The molecule has 112 valence electrons. The summed E-state index contributed by atoms with van der Waals surface area (Å²) in [6.45, 7) is 8.49. The van der Waals surface area contributed by atoms with Crippen LogP contribution in [-0.4, -0.2) is 28.0 Å². The number of carbonyl (C=O) groups excluding carboxylic acids is 2. The van der Waals surface area contributed by atoms with Gasteiger partial charge >= 0.3 is 0 Å². The molecule has 1 heterocycles. The topological polar surface area (TPSA) is 49.7 Å². The lowest BCUT2D eigenvalue weighted by Gasteiger charge is -2.53. The van der Waals surface area contributed by atoms with E-state index < -0.39 is 0 Å². The van der Waals surface area contributed by atoms with E-state index >= 15 is 0 Å². The summed E-state index contributed by atoms with van der Waals surface area (Å²) in [6, 6.07) is 6.78. The maximum absolute atomic E-state index is 12.9. The van der Waals surface area contributed by atoms with Crippen molar-refractivity contribution in [2.24, 2.45) is 4.99 Å². The van der Waals surface area contributed by atoms with Gasteiger partial charge < -0.3 is 4.90 Å². The lowest BCUT2D eigenvalue weighted by atomic mass is 9.79. The number of isocyanates is 1. The Labute approximate surface area is 125 Å². The first-order valence-corrected chi connectivity index (χ1v) is 7.30. The van der Waals surface area contributed by atoms with Gasteiger partial charge in [-0.25, -0.2) is 4.79 Å². The summed E-state index contributed by atoms with van der Waals surface area (Å²) in [5.41, 5.74) is 0.832. The summed E-state index contributed by atoms with van der Waals surface area (Å²) in [6.07, 6.45) is 4.66. The third-order valence-electron chi connectivity index (χ3n) is 4.28. The maximum atomic E-state index is 12.9. The van der Waals surface area contributed by atoms with Gasteiger partial charge in [-0.05, 0) is 71.2 Å². The fourth-order valence-electron chi connectivity index (χ4n) is 3.41. The summed E-state index contributed by atoms with van der Waals surface area (Å²) in [7, 11) is 0. The quantitative estimate of drug-likeness (QED) is 0.612. The minimum Gasteiger partial charge on any atom is -0.328 e. The van der Waals surface area contributed by atoms with Crippen LogP contribution in [-0.2, 0) is 4.79 Å². The summed E-state index contributed by atoms with van der Waals surface area (Å²) in [5, 5.41) is 0.